The van der Waals surface area contributed by atoms with Crippen molar-refractivity contribution in [3.8, 4) is 40.4 Å². The molecule has 0 atom stereocenters. The molecule has 5 aromatic rings. The van der Waals surface area contributed by atoms with E-state index in [1.807, 2.05) is 22.7 Å². The number of hydrogen-bond donors (Lipinski definition) is 1. The van der Waals surface area contributed by atoms with Gasteiger partial charge in [0.2, 0.25) is 0 Å². The molecule has 2 aromatic carbocycles. The fraction of sp³-hybridized carbons (Fsp3) is 0.219. The zero-order chi connectivity index (χ0) is 27.9. The van der Waals surface area contributed by atoms with Gasteiger partial charge < -0.3 is 5.11 Å². The van der Waals surface area contributed by atoms with Crippen LogP contribution in [-0.2, 0) is 17.6 Å². The first kappa shape index (κ1) is 29.8. The summed E-state index contributed by atoms with van der Waals surface area (Å²) in [6.07, 6.45) is 5.72. The number of thioether (sulfide) groups is 2. The fourth-order valence-electron chi connectivity index (χ4n) is 4.38. The lowest BCUT2D eigenvalue weighted by Gasteiger charge is -2.04. The Morgan fingerprint density at radius 3 is 1.64 bits per heavy atom. The maximum Gasteiger partial charge on any atom is 0.134 e. The molecule has 3 aromatic heterocycles. The molecule has 0 aliphatic heterocycles. The Bertz CT molecular complexity index is 1560. The van der Waals surface area contributed by atoms with Crippen molar-refractivity contribution in [2.75, 3.05) is 19.6 Å². The SMILES string of the molecule is CCc1cc(-c2ccc(-c3cc(CC(C)=O)c(-c4cccc(SC)c4)s3)s2)sc1-c1cccc(SC)c1.CO. The van der Waals surface area contributed by atoms with E-state index in [-0.39, 0.29) is 5.78 Å². The van der Waals surface area contributed by atoms with Gasteiger partial charge >= 0.3 is 0 Å². The summed E-state index contributed by atoms with van der Waals surface area (Å²) in [6.45, 7) is 3.92. The minimum absolute atomic E-state index is 0.197. The minimum Gasteiger partial charge on any atom is -0.400 e. The number of rotatable bonds is 9. The quantitative estimate of drug-likeness (QED) is 0.169. The number of hydrogen-bond acceptors (Lipinski definition) is 7. The summed E-state index contributed by atoms with van der Waals surface area (Å²) >= 11 is 9.07. The van der Waals surface area contributed by atoms with Gasteiger partial charge in [0, 0.05) is 52.6 Å². The third-order valence-corrected chi connectivity index (χ3v) is 11.6. The zero-order valence-corrected chi connectivity index (χ0v) is 26.8. The fourth-order valence-corrected chi connectivity index (χ4v) is 8.90. The molecule has 39 heavy (non-hydrogen) atoms. The van der Waals surface area contributed by atoms with Gasteiger partial charge in [-0.05, 0) is 96.6 Å². The molecule has 0 saturated carbocycles. The number of aryl methyl sites for hydroxylation is 1. The second kappa shape index (κ2) is 14.0. The Balaban J connectivity index is 0.00000172. The number of thiophene rings is 3. The van der Waals surface area contributed by atoms with E-state index in [1.54, 1.807) is 41.8 Å². The van der Waals surface area contributed by atoms with Crippen LogP contribution in [0.1, 0.15) is 25.0 Å². The second-order valence-electron chi connectivity index (χ2n) is 8.79. The molecule has 0 saturated heterocycles. The Labute approximate surface area is 252 Å². The number of carbonyl (C=O) groups excluding carboxylic acids is 1. The van der Waals surface area contributed by atoms with Crippen molar-refractivity contribution in [1.29, 1.82) is 0 Å². The van der Waals surface area contributed by atoms with E-state index in [0.717, 1.165) is 19.1 Å². The molecule has 3 heterocycles. The van der Waals surface area contributed by atoms with E-state index in [4.69, 9.17) is 5.11 Å². The molecule has 5 rings (SSSR count). The predicted octanol–water partition coefficient (Wildman–Crippen LogP) is 10.3. The Hall–Kier alpha value is -2.13. The first-order chi connectivity index (χ1) is 19.0. The molecule has 0 radical (unpaired) electrons. The van der Waals surface area contributed by atoms with E-state index in [0.29, 0.717) is 6.42 Å². The van der Waals surface area contributed by atoms with Crippen LogP contribution >= 0.6 is 57.5 Å². The van der Waals surface area contributed by atoms with Crippen LogP contribution in [0.2, 0.25) is 0 Å². The van der Waals surface area contributed by atoms with E-state index in [1.165, 1.54) is 55.7 Å². The maximum absolute atomic E-state index is 12.1. The highest BCUT2D eigenvalue weighted by molar-refractivity contribution is 7.98. The molecule has 0 aliphatic rings. The molecule has 0 bridgehead atoms. The van der Waals surface area contributed by atoms with Crippen LogP contribution in [0.5, 0.6) is 0 Å². The smallest absolute Gasteiger partial charge is 0.134 e. The Morgan fingerprint density at radius 1 is 0.692 bits per heavy atom. The largest absolute Gasteiger partial charge is 0.400 e. The van der Waals surface area contributed by atoms with Crippen LogP contribution < -0.4 is 0 Å². The van der Waals surface area contributed by atoms with Crippen LogP contribution in [0.3, 0.4) is 0 Å². The van der Waals surface area contributed by atoms with Crippen molar-refractivity contribution in [1.82, 2.24) is 0 Å². The third kappa shape index (κ3) is 6.96. The van der Waals surface area contributed by atoms with Gasteiger partial charge in [0.15, 0.2) is 0 Å². The Kier molecular flexibility index (Phi) is 10.7. The van der Waals surface area contributed by atoms with Gasteiger partial charge in [-0.1, -0.05) is 31.2 Å². The van der Waals surface area contributed by atoms with Crippen molar-refractivity contribution in [2.24, 2.45) is 0 Å². The first-order valence-electron chi connectivity index (χ1n) is 12.6. The first-order valence-corrected chi connectivity index (χ1v) is 17.5. The number of Topliss-reactive ketones (excluding diaryl/α,β-unsaturated/α-hetero) is 1. The molecule has 0 unspecified atom stereocenters. The summed E-state index contributed by atoms with van der Waals surface area (Å²) in [5.74, 6) is 0.197. The summed E-state index contributed by atoms with van der Waals surface area (Å²) in [5.41, 5.74) is 5.03. The number of aliphatic hydroxyl groups excluding tert-OH is 1. The predicted molar refractivity (Wildman–Crippen MR) is 177 cm³/mol. The highest BCUT2D eigenvalue weighted by Gasteiger charge is 2.18. The summed E-state index contributed by atoms with van der Waals surface area (Å²) in [4.78, 5) is 22.3. The molecule has 7 heteroatoms. The topological polar surface area (TPSA) is 37.3 Å². The van der Waals surface area contributed by atoms with Gasteiger partial charge in [0.1, 0.15) is 5.78 Å². The molecule has 0 spiro atoms. The lowest BCUT2D eigenvalue weighted by atomic mass is 10.1. The zero-order valence-electron chi connectivity index (χ0n) is 22.7. The van der Waals surface area contributed by atoms with Crippen LogP contribution in [0, 0.1) is 0 Å². The van der Waals surface area contributed by atoms with Gasteiger partial charge in [-0.2, -0.15) is 0 Å². The average Bonchev–Trinajstić information content (AvgIpc) is 3.72. The van der Waals surface area contributed by atoms with Gasteiger partial charge in [0.05, 0.1) is 0 Å². The third-order valence-electron chi connectivity index (χ3n) is 6.19. The average molecular weight is 609 g/mol. The van der Waals surface area contributed by atoms with Crippen molar-refractivity contribution in [3.63, 3.8) is 0 Å². The lowest BCUT2D eigenvalue weighted by molar-refractivity contribution is -0.116. The lowest BCUT2D eigenvalue weighted by Crippen LogP contribution is -1.95. The van der Waals surface area contributed by atoms with Crippen molar-refractivity contribution >= 4 is 63.3 Å². The minimum atomic E-state index is 0.197. The molecule has 0 fully saturated rings. The van der Waals surface area contributed by atoms with E-state index in [2.05, 4.69) is 92.2 Å². The van der Waals surface area contributed by atoms with E-state index >= 15 is 0 Å². The van der Waals surface area contributed by atoms with E-state index < -0.39 is 0 Å². The van der Waals surface area contributed by atoms with Crippen LogP contribution in [0.4, 0.5) is 0 Å². The monoisotopic (exact) mass is 608 g/mol. The number of ketones is 1. The van der Waals surface area contributed by atoms with Crippen LogP contribution in [0.15, 0.2) is 82.6 Å². The van der Waals surface area contributed by atoms with E-state index in [9.17, 15) is 4.79 Å². The second-order valence-corrected chi connectivity index (χ2v) is 13.7. The Morgan fingerprint density at radius 2 is 1.18 bits per heavy atom. The maximum atomic E-state index is 12.1. The number of carbonyl (C=O) groups is 1. The van der Waals surface area contributed by atoms with Crippen molar-refractivity contribution < 1.29 is 9.90 Å². The van der Waals surface area contributed by atoms with Crippen molar-refractivity contribution in [2.45, 2.75) is 36.5 Å². The highest BCUT2D eigenvalue weighted by atomic mass is 32.2. The molecular formula is C32H32O2S5. The van der Waals surface area contributed by atoms with Gasteiger partial charge in [-0.25, -0.2) is 0 Å². The number of aliphatic hydroxyl groups is 1. The van der Waals surface area contributed by atoms with Gasteiger partial charge in [-0.15, -0.1) is 57.5 Å². The summed E-state index contributed by atoms with van der Waals surface area (Å²) in [7, 11) is 1.00. The number of benzene rings is 2. The highest BCUT2D eigenvalue weighted by Crippen LogP contribution is 2.46. The summed E-state index contributed by atoms with van der Waals surface area (Å²) in [6, 6.07) is 26.6. The summed E-state index contributed by atoms with van der Waals surface area (Å²) in [5, 5.41) is 7.00. The normalized spacial score (nSPS) is 10.8. The van der Waals surface area contributed by atoms with Crippen molar-refractivity contribution in [3.05, 3.63) is 83.9 Å². The molecule has 0 aliphatic carbocycles. The summed E-state index contributed by atoms with van der Waals surface area (Å²) < 4.78 is 0. The molecule has 2 nitrogen and oxygen atoms in total. The van der Waals surface area contributed by atoms with Crippen LogP contribution in [-0.4, -0.2) is 30.5 Å². The molecule has 0 amide bonds. The standard InChI is InChI=1S/C31H28OS5.CH4O/c1-5-20-17-28(36-30(20)21-8-6-10-24(15-21)33-3)26-12-13-27(35-26)29-18-23(14-19(2)32)31(37-29)22-9-7-11-25(16-22)34-4;1-2/h6-13,15-18H,5,14H2,1-4H3;2H,1H3. The molecule has 1 N–H and O–H groups in total. The van der Waals surface area contributed by atoms with Gasteiger partial charge in [-0.3, -0.25) is 4.79 Å². The van der Waals surface area contributed by atoms with Crippen LogP contribution in [0.25, 0.3) is 40.4 Å². The van der Waals surface area contributed by atoms with Gasteiger partial charge in [0.25, 0.3) is 0 Å². The molecule has 202 valence electrons. The molecular weight excluding hydrogens is 577 g/mol.